The summed E-state index contributed by atoms with van der Waals surface area (Å²) >= 11 is 0. The van der Waals surface area contributed by atoms with E-state index in [-0.39, 0.29) is 18.0 Å². The van der Waals surface area contributed by atoms with E-state index >= 15 is 0 Å². The number of nitrogens with one attached hydrogen (secondary N) is 1. The molecule has 0 spiro atoms. The van der Waals surface area contributed by atoms with Crippen molar-refractivity contribution in [1.82, 2.24) is 5.32 Å². The maximum absolute atomic E-state index is 11.8. The Hall–Kier alpha value is -2.04. The Labute approximate surface area is 118 Å². The van der Waals surface area contributed by atoms with Crippen molar-refractivity contribution in [2.45, 2.75) is 32.7 Å². The summed E-state index contributed by atoms with van der Waals surface area (Å²) < 4.78 is 5.06. The summed E-state index contributed by atoms with van der Waals surface area (Å²) in [5.41, 5.74) is 1.37. The Morgan fingerprint density at radius 2 is 2.05 bits per heavy atom. The quantitative estimate of drug-likeness (QED) is 0.899. The minimum Gasteiger partial charge on any atom is -0.447 e. The minimum absolute atomic E-state index is 0.0715. The molecule has 0 bridgehead atoms. The maximum Gasteiger partial charge on any atom is 0.414 e. The number of hydrogen-bond acceptors (Lipinski definition) is 3. The molecule has 1 atom stereocenters. The fourth-order valence-corrected chi connectivity index (χ4v) is 2.19. The average Bonchev–Trinajstić information content (AvgIpc) is 2.86. The van der Waals surface area contributed by atoms with Gasteiger partial charge in [0.1, 0.15) is 6.61 Å². The Morgan fingerprint density at radius 3 is 2.65 bits per heavy atom. The third kappa shape index (κ3) is 2.92. The van der Waals surface area contributed by atoms with Crippen molar-refractivity contribution >= 4 is 17.7 Å². The van der Waals surface area contributed by atoms with Crippen LogP contribution in [-0.4, -0.2) is 31.2 Å². The van der Waals surface area contributed by atoms with E-state index in [2.05, 4.69) is 5.32 Å². The minimum atomic E-state index is -0.319. The summed E-state index contributed by atoms with van der Waals surface area (Å²) in [4.78, 5) is 25.2. The number of nitrogens with zero attached hydrogens (tertiary/aromatic N) is 1. The first-order chi connectivity index (χ1) is 9.67. The van der Waals surface area contributed by atoms with E-state index in [9.17, 15) is 9.59 Å². The van der Waals surface area contributed by atoms with Gasteiger partial charge in [0.05, 0.1) is 6.04 Å². The van der Waals surface area contributed by atoms with Gasteiger partial charge in [-0.25, -0.2) is 4.79 Å². The molecule has 20 heavy (non-hydrogen) atoms. The molecule has 1 saturated heterocycles. The Morgan fingerprint density at radius 1 is 1.35 bits per heavy atom. The van der Waals surface area contributed by atoms with Gasteiger partial charge in [0.2, 0.25) is 0 Å². The molecule has 1 aromatic carbocycles. The standard InChI is InChI=1S/C15H20N2O3/c1-3-9-16-14(18)11-5-7-13(8-6-11)17-12(4-2)10-20-15(17)19/h5-8,12H,3-4,9-10H2,1-2H3,(H,16,18). The monoisotopic (exact) mass is 276 g/mol. The van der Waals surface area contributed by atoms with Crippen LogP contribution in [0.5, 0.6) is 0 Å². The molecular weight excluding hydrogens is 256 g/mol. The highest BCUT2D eigenvalue weighted by molar-refractivity contribution is 5.95. The lowest BCUT2D eigenvalue weighted by atomic mass is 10.1. The van der Waals surface area contributed by atoms with Gasteiger partial charge in [-0.05, 0) is 37.1 Å². The first kappa shape index (κ1) is 14.4. The highest BCUT2D eigenvalue weighted by atomic mass is 16.6. The fraction of sp³-hybridized carbons (Fsp3) is 0.467. The molecular formula is C15H20N2O3. The van der Waals surface area contributed by atoms with Crippen molar-refractivity contribution in [3.63, 3.8) is 0 Å². The van der Waals surface area contributed by atoms with E-state index in [0.29, 0.717) is 18.7 Å². The van der Waals surface area contributed by atoms with Crippen LogP contribution < -0.4 is 10.2 Å². The summed E-state index contributed by atoms with van der Waals surface area (Å²) in [5, 5.41) is 2.82. The van der Waals surface area contributed by atoms with Crippen LogP contribution in [0, 0.1) is 0 Å². The molecule has 0 aromatic heterocycles. The van der Waals surface area contributed by atoms with Crippen molar-refractivity contribution in [1.29, 1.82) is 0 Å². The largest absolute Gasteiger partial charge is 0.447 e. The SMILES string of the molecule is CCCNC(=O)c1ccc(N2C(=O)OCC2CC)cc1. The lowest BCUT2D eigenvalue weighted by Gasteiger charge is -2.20. The summed E-state index contributed by atoms with van der Waals surface area (Å²) in [6, 6.07) is 7.12. The zero-order chi connectivity index (χ0) is 14.5. The van der Waals surface area contributed by atoms with Gasteiger partial charge in [0, 0.05) is 17.8 Å². The summed E-state index contributed by atoms with van der Waals surface area (Å²) in [7, 11) is 0. The van der Waals surface area contributed by atoms with Crippen molar-refractivity contribution in [2.24, 2.45) is 0 Å². The lowest BCUT2D eigenvalue weighted by Crippen LogP contribution is -2.32. The van der Waals surface area contributed by atoms with Gasteiger partial charge in [-0.1, -0.05) is 13.8 Å². The molecule has 1 heterocycles. The molecule has 1 aliphatic heterocycles. The predicted molar refractivity (Wildman–Crippen MR) is 77.0 cm³/mol. The topological polar surface area (TPSA) is 58.6 Å². The average molecular weight is 276 g/mol. The van der Waals surface area contributed by atoms with Gasteiger partial charge in [0.15, 0.2) is 0 Å². The van der Waals surface area contributed by atoms with Crippen molar-refractivity contribution in [3.8, 4) is 0 Å². The lowest BCUT2D eigenvalue weighted by molar-refractivity contribution is 0.0953. The Balaban J connectivity index is 2.11. The zero-order valence-corrected chi connectivity index (χ0v) is 11.9. The van der Waals surface area contributed by atoms with Gasteiger partial charge in [0.25, 0.3) is 5.91 Å². The molecule has 5 nitrogen and oxygen atoms in total. The molecule has 2 amide bonds. The molecule has 1 unspecified atom stereocenters. The molecule has 5 heteroatoms. The Kier molecular flexibility index (Phi) is 4.61. The molecule has 1 aliphatic rings. The molecule has 1 fully saturated rings. The number of benzene rings is 1. The number of carbonyl (C=O) groups is 2. The number of ether oxygens (including phenoxy) is 1. The molecule has 108 valence electrons. The fourth-order valence-electron chi connectivity index (χ4n) is 2.19. The van der Waals surface area contributed by atoms with Crippen molar-refractivity contribution < 1.29 is 14.3 Å². The van der Waals surface area contributed by atoms with Crippen LogP contribution in [0.4, 0.5) is 10.5 Å². The maximum atomic E-state index is 11.8. The third-order valence-corrected chi connectivity index (χ3v) is 3.38. The van der Waals surface area contributed by atoms with Crippen LogP contribution >= 0.6 is 0 Å². The first-order valence-electron chi connectivity index (χ1n) is 7.01. The van der Waals surface area contributed by atoms with Crippen LogP contribution in [-0.2, 0) is 4.74 Å². The van der Waals surface area contributed by atoms with Gasteiger partial charge in [-0.2, -0.15) is 0 Å². The summed E-state index contributed by atoms with van der Waals surface area (Å²) in [5.74, 6) is -0.0885. The van der Waals surface area contributed by atoms with Crippen molar-refractivity contribution in [3.05, 3.63) is 29.8 Å². The molecule has 0 radical (unpaired) electrons. The highest BCUT2D eigenvalue weighted by Gasteiger charge is 2.32. The van der Waals surface area contributed by atoms with Crippen LogP contribution in [0.25, 0.3) is 0 Å². The summed E-state index contributed by atoms with van der Waals surface area (Å²) in [6.45, 7) is 5.12. The summed E-state index contributed by atoms with van der Waals surface area (Å²) in [6.07, 6.45) is 1.42. The molecule has 2 rings (SSSR count). The van der Waals surface area contributed by atoms with Crippen molar-refractivity contribution in [2.75, 3.05) is 18.1 Å². The molecule has 0 aliphatic carbocycles. The van der Waals surface area contributed by atoms with Gasteiger partial charge < -0.3 is 10.1 Å². The van der Waals surface area contributed by atoms with Gasteiger partial charge >= 0.3 is 6.09 Å². The zero-order valence-electron chi connectivity index (χ0n) is 11.9. The second kappa shape index (κ2) is 6.41. The van der Waals surface area contributed by atoms with E-state index in [1.54, 1.807) is 29.2 Å². The second-order valence-corrected chi connectivity index (χ2v) is 4.81. The predicted octanol–water partition coefficient (Wildman–Crippen LogP) is 2.56. The number of carbonyl (C=O) groups excluding carboxylic acids is 2. The van der Waals surface area contributed by atoms with E-state index in [1.807, 2.05) is 13.8 Å². The van der Waals surface area contributed by atoms with Gasteiger partial charge in [-0.3, -0.25) is 9.69 Å². The van der Waals surface area contributed by atoms with Crippen LogP contribution in [0.3, 0.4) is 0 Å². The molecule has 1 aromatic rings. The Bertz CT molecular complexity index is 484. The number of hydrogen-bond donors (Lipinski definition) is 1. The first-order valence-corrected chi connectivity index (χ1v) is 7.01. The van der Waals surface area contributed by atoms with Crippen LogP contribution in [0.15, 0.2) is 24.3 Å². The third-order valence-electron chi connectivity index (χ3n) is 3.38. The van der Waals surface area contributed by atoms with E-state index in [0.717, 1.165) is 18.5 Å². The normalized spacial score (nSPS) is 18.0. The highest BCUT2D eigenvalue weighted by Crippen LogP contribution is 2.24. The number of amides is 2. The van der Waals surface area contributed by atoms with Crippen LogP contribution in [0.1, 0.15) is 37.0 Å². The van der Waals surface area contributed by atoms with Gasteiger partial charge in [-0.15, -0.1) is 0 Å². The molecule has 1 N–H and O–H groups in total. The van der Waals surface area contributed by atoms with E-state index < -0.39 is 0 Å². The number of anilines is 1. The smallest absolute Gasteiger partial charge is 0.414 e. The second-order valence-electron chi connectivity index (χ2n) is 4.81. The number of cyclic esters (lactones) is 1. The van der Waals surface area contributed by atoms with E-state index in [1.165, 1.54) is 0 Å². The van der Waals surface area contributed by atoms with E-state index in [4.69, 9.17) is 4.74 Å². The van der Waals surface area contributed by atoms with Crippen LogP contribution in [0.2, 0.25) is 0 Å². The number of rotatable bonds is 5. The molecule has 0 saturated carbocycles.